The molecule has 1 aliphatic heterocycles. The number of aromatic amines is 2. The topological polar surface area (TPSA) is 41.4 Å². The lowest BCUT2D eigenvalue weighted by Gasteiger charge is -2.15. The molecule has 0 amide bonds. The Kier molecular flexibility index (Phi) is 12.2. The van der Waals surface area contributed by atoms with Gasteiger partial charge in [-0.05, 0) is 120 Å². The van der Waals surface area contributed by atoms with Crippen molar-refractivity contribution in [1.29, 1.82) is 0 Å². The second kappa shape index (κ2) is 18.3. The first-order chi connectivity index (χ1) is 31.5. The lowest BCUT2D eigenvalue weighted by atomic mass is 9.91. The van der Waals surface area contributed by atoms with Crippen LogP contribution in [0, 0.1) is 0 Å². The second-order valence-corrected chi connectivity index (χ2v) is 17.0. The highest BCUT2D eigenvalue weighted by Gasteiger charge is 2.29. The first kappa shape index (κ1) is 42.8. The summed E-state index contributed by atoms with van der Waals surface area (Å²) in [6.45, 7) is 20.5. The molecule has 8 aromatic rings. The fraction of sp³-hybridized carbons (Fsp3) is 0.267. The summed E-state index contributed by atoms with van der Waals surface area (Å²) >= 11 is 0. The number of benzene rings is 4. The average Bonchev–Trinajstić information content (AvgIpc) is 4.12. The van der Waals surface area contributed by atoms with Crippen LogP contribution in [-0.4, -0.2) is 19.1 Å². The largest absolute Gasteiger partial charge is 0.354 e. The van der Waals surface area contributed by atoms with Crippen molar-refractivity contribution in [2.45, 2.75) is 107 Å². The molecule has 5 heterocycles. The van der Waals surface area contributed by atoms with Crippen LogP contribution in [-0.2, 0) is 51.6 Å². The molecule has 9 rings (SSSR count). The van der Waals surface area contributed by atoms with Gasteiger partial charge in [0.2, 0.25) is 0 Å². The van der Waals surface area contributed by atoms with Crippen molar-refractivity contribution in [2.75, 3.05) is 0 Å². The summed E-state index contributed by atoms with van der Waals surface area (Å²) in [5, 5.41) is 5.24. The highest BCUT2D eigenvalue weighted by Crippen LogP contribution is 2.35. The molecular formula is C60H64N4. The summed E-state index contributed by atoms with van der Waals surface area (Å²) in [4.78, 5) is 8.55. The zero-order chi connectivity index (χ0) is 44.5. The van der Waals surface area contributed by atoms with Gasteiger partial charge in [-0.3, -0.25) is 0 Å². The van der Waals surface area contributed by atoms with E-state index < -0.39 is 0 Å². The maximum atomic E-state index is 4.38. The Bertz CT molecular complexity index is 2990. The molecule has 0 aliphatic carbocycles. The SMILES string of the molecule is CCc1c2[nH]c(c1CC)C(c1ccccc1)=c1c(CC)c(CC)c(n1CC)=C(c1ccccc1)c1ccc([nH]1)C(c1ccccc1)=c1c(CC)c(CC)c(n1CC)=C2c1ccccc1. The molecule has 324 valence electrons. The van der Waals surface area contributed by atoms with Gasteiger partial charge in [0.15, 0.2) is 0 Å². The number of hydrogen-bond acceptors (Lipinski definition) is 0. The quantitative estimate of drug-likeness (QED) is 0.123. The molecule has 0 spiro atoms. The maximum Gasteiger partial charge on any atom is 0.0547 e. The lowest BCUT2D eigenvalue weighted by Crippen LogP contribution is -2.32. The smallest absolute Gasteiger partial charge is 0.0547 e. The Balaban J connectivity index is 1.68. The minimum atomic E-state index is 0.821. The van der Waals surface area contributed by atoms with Gasteiger partial charge < -0.3 is 19.1 Å². The van der Waals surface area contributed by atoms with Crippen LogP contribution in [0.2, 0.25) is 0 Å². The predicted octanol–water partition coefficient (Wildman–Crippen LogP) is 10.7. The van der Waals surface area contributed by atoms with Gasteiger partial charge in [-0.1, -0.05) is 163 Å². The molecule has 1 aliphatic rings. The Hall–Kier alpha value is -6.52. The van der Waals surface area contributed by atoms with Gasteiger partial charge in [0.05, 0.1) is 32.8 Å². The third kappa shape index (κ3) is 6.90. The van der Waals surface area contributed by atoms with Gasteiger partial charge >= 0.3 is 0 Å². The van der Waals surface area contributed by atoms with Crippen LogP contribution in [0.3, 0.4) is 0 Å². The molecule has 4 aromatic carbocycles. The van der Waals surface area contributed by atoms with Crippen molar-refractivity contribution in [3.05, 3.63) is 233 Å². The summed E-state index contributed by atoms with van der Waals surface area (Å²) < 4.78 is 5.34. The molecule has 0 unspecified atom stereocenters. The summed E-state index contributed by atoms with van der Waals surface area (Å²) in [5.41, 5.74) is 23.2. The highest BCUT2D eigenvalue weighted by atomic mass is 15.0. The molecule has 4 nitrogen and oxygen atoms in total. The van der Waals surface area contributed by atoms with Gasteiger partial charge in [-0.15, -0.1) is 0 Å². The van der Waals surface area contributed by atoms with E-state index in [1.165, 1.54) is 111 Å². The van der Waals surface area contributed by atoms with Gasteiger partial charge in [-0.2, -0.15) is 0 Å². The van der Waals surface area contributed by atoms with Crippen molar-refractivity contribution < 1.29 is 0 Å². The van der Waals surface area contributed by atoms with Crippen LogP contribution in [0.1, 0.15) is 134 Å². The van der Waals surface area contributed by atoms with E-state index in [2.05, 4.69) is 208 Å². The van der Waals surface area contributed by atoms with Crippen LogP contribution in [0.15, 0.2) is 133 Å². The monoisotopic (exact) mass is 841 g/mol. The molecule has 0 atom stereocenters. The number of aromatic nitrogens is 4. The zero-order valence-electron chi connectivity index (χ0n) is 39.3. The Morgan fingerprint density at radius 2 is 0.562 bits per heavy atom. The summed E-state index contributed by atoms with van der Waals surface area (Å²) in [6.07, 6.45) is 5.49. The van der Waals surface area contributed by atoms with Crippen molar-refractivity contribution >= 4 is 22.3 Å². The van der Waals surface area contributed by atoms with Gasteiger partial charge in [0.25, 0.3) is 0 Å². The summed E-state index contributed by atoms with van der Waals surface area (Å²) in [7, 11) is 0. The van der Waals surface area contributed by atoms with E-state index in [1.807, 2.05) is 0 Å². The van der Waals surface area contributed by atoms with Crippen LogP contribution >= 0.6 is 0 Å². The van der Waals surface area contributed by atoms with Crippen LogP contribution in [0.4, 0.5) is 0 Å². The van der Waals surface area contributed by atoms with E-state index >= 15 is 0 Å². The standard InChI is InChI=1S/C60H64N4/c1-9-43-44(10-2)56-54(42-35-27-20-28-36-42)60-48(14-6)46(12-4)58(64(60)16-8)52(40-31-23-18-24-32-40)50-38-37-49(61-50)51(39-29-21-17-22-30-39)57-45(11-3)47(13-5)59(63(57)15-7)53(55(43)62-56)41-33-25-19-26-34-41/h17-38,61-62H,9-16H2,1-8H3. The van der Waals surface area contributed by atoms with E-state index in [9.17, 15) is 0 Å². The van der Waals surface area contributed by atoms with E-state index in [-0.39, 0.29) is 0 Å². The fourth-order valence-electron chi connectivity index (χ4n) is 11.3. The van der Waals surface area contributed by atoms with E-state index in [1.54, 1.807) is 0 Å². The van der Waals surface area contributed by atoms with E-state index in [0.717, 1.165) is 63.0 Å². The first-order valence-electron chi connectivity index (χ1n) is 24.1. The molecule has 0 fully saturated rings. The van der Waals surface area contributed by atoms with Gasteiger partial charge in [0, 0.05) is 46.8 Å². The number of nitrogens with one attached hydrogen (secondary N) is 2. The molecule has 0 radical (unpaired) electrons. The third-order valence-corrected chi connectivity index (χ3v) is 13.8. The molecule has 4 heteroatoms. The molecule has 64 heavy (non-hydrogen) atoms. The van der Waals surface area contributed by atoms with Crippen molar-refractivity contribution in [1.82, 2.24) is 19.1 Å². The lowest BCUT2D eigenvalue weighted by molar-refractivity contribution is 0.712. The van der Waals surface area contributed by atoms with E-state index in [0.29, 0.717) is 0 Å². The van der Waals surface area contributed by atoms with Crippen molar-refractivity contribution in [3.63, 3.8) is 0 Å². The minimum Gasteiger partial charge on any atom is -0.354 e. The minimum absolute atomic E-state index is 0.821. The Labute approximate surface area is 380 Å². The van der Waals surface area contributed by atoms with Gasteiger partial charge in [-0.25, -0.2) is 0 Å². The van der Waals surface area contributed by atoms with Crippen LogP contribution in [0.5, 0.6) is 0 Å². The van der Waals surface area contributed by atoms with Crippen LogP contribution < -0.4 is 21.4 Å². The number of hydrogen-bond donors (Lipinski definition) is 2. The van der Waals surface area contributed by atoms with Gasteiger partial charge in [0.1, 0.15) is 0 Å². The number of fused-ring (bicyclic) bond motifs is 8. The first-order valence-corrected chi connectivity index (χ1v) is 24.1. The molecule has 2 N–H and O–H groups in total. The number of rotatable bonds is 12. The van der Waals surface area contributed by atoms with Crippen LogP contribution in [0.25, 0.3) is 22.3 Å². The molecule has 0 saturated carbocycles. The van der Waals surface area contributed by atoms with Crippen molar-refractivity contribution in [2.24, 2.45) is 0 Å². The molecule has 0 saturated heterocycles. The molecule has 4 aromatic heterocycles. The number of H-pyrrole nitrogens is 2. The second-order valence-electron chi connectivity index (χ2n) is 17.0. The molecular weight excluding hydrogens is 777 g/mol. The van der Waals surface area contributed by atoms with E-state index in [4.69, 9.17) is 0 Å². The number of nitrogens with zero attached hydrogens (tertiary/aromatic N) is 2. The fourth-order valence-corrected chi connectivity index (χ4v) is 11.3. The zero-order valence-corrected chi connectivity index (χ0v) is 39.3. The normalized spacial score (nSPS) is 12.8. The summed E-state index contributed by atoms with van der Waals surface area (Å²) in [6, 6.07) is 49.4. The Morgan fingerprint density at radius 3 is 0.828 bits per heavy atom. The Morgan fingerprint density at radius 1 is 0.297 bits per heavy atom. The highest BCUT2D eigenvalue weighted by molar-refractivity contribution is 5.88. The maximum absolute atomic E-state index is 4.38. The predicted molar refractivity (Wildman–Crippen MR) is 269 cm³/mol. The summed E-state index contributed by atoms with van der Waals surface area (Å²) in [5.74, 6) is 0. The molecule has 8 bridgehead atoms. The average molecular weight is 841 g/mol. The third-order valence-electron chi connectivity index (χ3n) is 13.8. The van der Waals surface area contributed by atoms with Crippen molar-refractivity contribution in [3.8, 4) is 0 Å².